The highest BCUT2D eigenvalue weighted by Gasteiger charge is 2.51. The summed E-state index contributed by atoms with van der Waals surface area (Å²) in [5.41, 5.74) is 3.44. The highest BCUT2D eigenvalue weighted by atomic mass is 16.2. The van der Waals surface area contributed by atoms with Gasteiger partial charge in [0.25, 0.3) is 11.8 Å². The van der Waals surface area contributed by atoms with Gasteiger partial charge in [-0.2, -0.15) is 0 Å². The van der Waals surface area contributed by atoms with E-state index in [-0.39, 0.29) is 17.2 Å². The second kappa shape index (κ2) is 4.85. The molecule has 0 bridgehead atoms. The summed E-state index contributed by atoms with van der Waals surface area (Å²) in [6.45, 7) is 8.30. The minimum Gasteiger partial charge on any atom is -0.350 e. The zero-order valence-corrected chi connectivity index (χ0v) is 14.8. The van der Waals surface area contributed by atoms with Gasteiger partial charge in [-0.3, -0.25) is 9.59 Å². The summed E-state index contributed by atoms with van der Waals surface area (Å²) in [4.78, 5) is 25.6. The van der Waals surface area contributed by atoms with Gasteiger partial charge in [0.2, 0.25) is 5.66 Å². The molecule has 4 rings (SSSR count). The van der Waals surface area contributed by atoms with Crippen molar-refractivity contribution in [2.75, 3.05) is 10.6 Å². The van der Waals surface area contributed by atoms with E-state index in [1.807, 2.05) is 37.3 Å². The summed E-state index contributed by atoms with van der Waals surface area (Å²) in [6.07, 6.45) is 0. The summed E-state index contributed by atoms with van der Waals surface area (Å²) < 4.78 is 0. The van der Waals surface area contributed by atoms with E-state index in [0.717, 1.165) is 22.4 Å². The van der Waals surface area contributed by atoms with Crippen LogP contribution in [-0.2, 0) is 15.9 Å². The number of rotatable bonds is 0. The van der Waals surface area contributed by atoms with E-state index in [4.69, 9.17) is 0 Å². The van der Waals surface area contributed by atoms with Crippen LogP contribution in [0.3, 0.4) is 0 Å². The first-order valence-corrected chi connectivity index (χ1v) is 8.39. The van der Waals surface area contributed by atoms with Gasteiger partial charge in [-0.1, -0.05) is 39.0 Å². The molecule has 2 aromatic rings. The summed E-state index contributed by atoms with van der Waals surface area (Å²) >= 11 is 0. The molecule has 0 saturated heterocycles. The molecule has 2 amide bonds. The third-order valence-corrected chi connectivity index (χ3v) is 5.01. The van der Waals surface area contributed by atoms with Crippen LogP contribution in [0, 0.1) is 6.92 Å². The molecule has 5 heteroatoms. The molecule has 0 aromatic heterocycles. The average molecular weight is 335 g/mol. The molecule has 25 heavy (non-hydrogen) atoms. The van der Waals surface area contributed by atoms with E-state index in [2.05, 4.69) is 36.7 Å². The van der Waals surface area contributed by atoms with Crippen molar-refractivity contribution >= 4 is 23.2 Å². The Morgan fingerprint density at radius 3 is 2.48 bits per heavy atom. The molecule has 0 fully saturated rings. The Balaban J connectivity index is 1.91. The predicted molar refractivity (Wildman–Crippen MR) is 97.7 cm³/mol. The lowest BCUT2D eigenvalue weighted by molar-refractivity contribution is -0.120. The van der Waals surface area contributed by atoms with Crippen molar-refractivity contribution < 1.29 is 9.59 Å². The van der Waals surface area contributed by atoms with Gasteiger partial charge in [0, 0.05) is 11.3 Å². The van der Waals surface area contributed by atoms with Crippen LogP contribution in [0.5, 0.6) is 0 Å². The molecule has 5 nitrogen and oxygen atoms in total. The van der Waals surface area contributed by atoms with Crippen molar-refractivity contribution in [2.45, 2.75) is 38.8 Å². The van der Waals surface area contributed by atoms with Crippen LogP contribution in [0.15, 0.2) is 36.4 Å². The Bertz CT molecular complexity index is 927. The third-order valence-electron chi connectivity index (χ3n) is 5.01. The van der Waals surface area contributed by atoms with E-state index in [9.17, 15) is 9.59 Å². The Labute approximate surface area is 146 Å². The highest BCUT2D eigenvalue weighted by Crippen LogP contribution is 2.42. The van der Waals surface area contributed by atoms with Crippen LogP contribution in [0.25, 0.3) is 0 Å². The molecule has 2 heterocycles. The van der Waals surface area contributed by atoms with Crippen molar-refractivity contribution in [2.24, 2.45) is 0 Å². The number of carbonyl (C=O) groups excluding carboxylic acids is 2. The molecular formula is C20H21N3O2. The van der Waals surface area contributed by atoms with Crippen LogP contribution >= 0.6 is 0 Å². The standard InChI is InChI=1S/C20H21N3O2/c1-11-6-5-7-13-16(11)22-20(23-17(13)24)14-10-12(19(2,3)4)8-9-15(14)21-18(20)25/h5-10,22H,1-4H3,(H,21,25)(H,23,24). The van der Waals surface area contributed by atoms with Crippen molar-refractivity contribution in [1.82, 2.24) is 5.32 Å². The van der Waals surface area contributed by atoms with E-state index in [1.165, 1.54) is 0 Å². The maximum atomic E-state index is 12.8. The summed E-state index contributed by atoms with van der Waals surface area (Å²) in [6, 6.07) is 11.5. The van der Waals surface area contributed by atoms with Crippen LogP contribution in [-0.4, -0.2) is 11.8 Å². The van der Waals surface area contributed by atoms with Crippen LogP contribution in [0.2, 0.25) is 0 Å². The SMILES string of the molecule is Cc1cccc2c1NC1(NC2=O)C(=O)Nc2ccc(C(C)(C)C)cc21. The smallest absolute Gasteiger partial charge is 0.275 e. The van der Waals surface area contributed by atoms with Gasteiger partial charge in [0.15, 0.2) is 0 Å². The zero-order valence-electron chi connectivity index (χ0n) is 14.8. The number of nitrogens with one attached hydrogen (secondary N) is 3. The molecule has 1 atom stereocenters. The number of carbonyl (C=O) groups is 2. The minimum absolute atomic E-state index is 0.0612. The van der Waals surface area contributed by atoms with Crippen molar-refractivity contribution in [3.63, 3.8) is 0 Å². The normalized spacial score (nSPS) is 21.3. The lowest BCUT2D eigenvalue weighted by atomic mass is 9.84. The van der Waals surface area contributed by atoms with Gasteiger partial charge in [-0.05, 0) is 41.7 Å². The molecule has 2 aromatic carbocycles. The summed E-state index contributed by atoms with van der Waals surface area (Å²) in [5, 5.41) is 9.10. The first-order valence-electron chi connectivity index (χ1n) is 8.39. The van der Waals surface area contributed by atoms with E-state index in [1.54, 1.807) is 6.07 Å². The predicted octanol–water partition coefficient (Wildman–Crippen LogP) is 3.25. The first-order chi connectivity index (χ1) is 11.7. The topological polar surface area (TPSA) is 70.2 Å². The molecule has 0 saturated carbocycles. The van der Waals surface area contributed by atoms with E-state index < -0.39 is 5.66 Å². The summed E-state index contributed by atoms with van der Waals surface area (Å²) in [5.74, 6) is -0.516. The molecule has 0 radical (unpaired) electrons. The van der Waals surface area contributed by atoms with E-state index in [0.29, 0.717) is 11.3 Å². The van der Waals surface area contributed by atoms with Crippen LogP contribution in [0.4, 0.5) is 11.4 Å². The number of hydrogen-bond donors (Lipinski definition) is 3. The molecule has 1 spiro atoms. The van der Waals surface area contributed by atoms with Gasteiger partial charge < -0.3 is 16.0 Å². The molecule has 2 aliphatic rings. The van der Waals surface area contributed by atoms with Crippen molar-refractivity contribution in [3.8, 4) is 0 Å². The third kappa shape index (κ3) is 2.15. The average Bonchev–Trinajstić information content (AvgIpc) is 2.79. The Hall–Kier alpha value is -2.82. The van der Waals surface area contributed by atoms with Gasteiger partial charge >= 0.3 is 0 Å². The molecule has 0 aliphatic carbocycles. The van der Waals surface area contributed by atoms with Crippen molar-refractivity contribution in [1.29, 1.82) is 0 Å². The largest absolute Gasteiger partial charge is 0.350 e. The quantitative estimate of drug-likeness (QED) is 0.692. The molecule has 1 unspecified atom stereocenters. The first kappa shape index (κ1) is 15.7. The number of hydrogen-bond acceptors (Lipinski definition) is 3. The monoisotopic (exact) mass is 335 g/mol. The Kier molecular flexibility index (Phi) is 3.04. The molecule has 2 aliphatic heterocycles. The van der Waals surface area contributed by atoms with Gasteiger partial charge in [-0.15, -0.1) is 0 Å². The second-order valence-electron chi connectivity index (χ2n) is 7.79. The van der Waals surface area contributed by atoms with Gasteiger partial charge in [0.1, 0.15) is 0 Å². The number of anilines is 2. The number of amides is 2. The van der Waals surface area contributed by atoms with Crippen LogP contribution in [0.1, 0.15) is 47.8 Å². The number of benzene rings is 2. The minimum atomic E-state index is -1.27. The number of fused-ring (bicyclic) bond motifs is 3. The summed E-state index contributed by atoms with van der Waals surface area (Å²) in [7, 11) is 0. The fraction of sp³-hybridized carbons (Fsp3) is 0.300. The lowest BCUT2D eigenvalue weighted by Gasteiger charge is -2.36. The maximum absolute atomic E-state index is 12.8. The maximum Gasteiger partial charge on any atom is 0.275 e. The fourth-order valence-corrected chi connectivity index (χ4v) is 3.50. The number of para-hydroxylation sites is 1. The van der Waals surface area contributed by atoms with Gasteiger partial charge in [-0.25, -0.2) is 0 Å². The van der Waals surface area contributed by atoms with Crippen LogP contribution < -0.4 is 16.0 Å². The Morgan fingerprint density at radius 2 is 1.76 bits per heavy atom. The second-order valence-corrected chi connectivity index (χ2v) is 7.79. The number of aryl methyl sites for hydroxylation is 1. The zero-order chi connectivity index (χ0) is 18.0. The van der Waals surface area contributed by atoms with Crippen molar-refractivity contribution in [3.05, 3.63) is 58.7 Å². The van der Waals surface area contributed by atoms with E-state index >= 15 is 0 Å². The molecule has 128 valence electrons. The Morgan fingerprint density at radius 1 is 1.00 bits per heavy atom. The lowest BCUT2D eigenvalue weighted by Crippen LogP contribution is -2.59. The molecule has 3 N–H and O–H groups in total. The van der Waals surface area contributed by atoms with Gasteiger partial charge in [0.05, 0.1) is 11.3 Å². The molecular weight excluding hydrogens is 314 g/mol. The fourth-order valence-electron chi connectivity index (χ4n) is 3.50. The highest BCUT2D eigenvalue weighted by molar-refractivity contribution is 6.14.